The number of carbonyl (C=O) groups excluding carboxylic acids is 1. The number of benzene rings is 1. The van der Waals surface area contributed by atoms with E-state index in [-0.39, 0.29) is 17.8 Å². The molecule has 2 amide bonds. The number of amides is 2. The van der Waals surface area contributed by atoms with E-state index in [1.807, 2.05) is 0 Å². The quantitative estimate of drug-likeness (QED) is 0.622. The van der Waals surface area contributed by atoms with Crippen molar-refractivity contribution in [1.82, 2.24) is 5.32 Å². The normalized spacial score (nSPS) is 15.3. The van der Waals surface area contributed by atoms with Crippen molar-refractivity contribution in [2.24, 2.45) is 5.92 Å². The highest BCUT2D eigenvalue weighted by Gasteiger charge is 2.32. The van der Waals surface area contributed by atoms with E-state index in [0.717, 1.165) is 12.8 Å². The van der Waals surface area contributed by atoms with E-state index in [4.69, 9.17) is 4.74 Å². The van der Waals surface area contributed by atoms with Crippen molar-refractivity contribution in [2.45, 2.75) is 25.8 Å². The molecule has 1 aromatic carbocycles. The van der Waals surface area contributed by atoms with Crippen LogP contribution in [0.2, 0.25) is 0 Å². The van der Waals surface area contributed by atoms with Gasteiger partial charge in [0.25, 0.3) is 5.69 Å². The summed E-state index contributed by atoms with van der Waals surface area (Å²) in [6.07, 6.45) is 2.20. The van der Waals surface area contributed by atoms with Crippen LogP contribution in [0.4, 0.5) is 16.2 Å². The van der Waals surface area contributed by atoms with Crippen LogP contribution in [0.25, 0.3) is 0 Å². The third-order valence-electron chi connectivity index (χ3n) is 3.51. The molecule has 114 valence electrons. The largest absolute Gasteiger partial charge is 0.383 e. The Morgan fingerprint density at radius 2 is 2.24 bits per heavy atom. The van der Waals surface area contributed by atoms with Crippen molar-refractivity contribution in [1.29, 1.82) is 0 Å². The fourth-order valence-electron chi connectivity index (χ4n) is 2.25. The molecule has 1 fully saturated rings. The summed E-state index contributed by atoms with van der Waals surface area (Å²) in [4.78, 5) is 22.3. The number of aryl methyl sites for hydroxylation is 1. The molecule has 2 rings (SSSR count). The van der Waals surface area contributed by atoms with Gasteiger partial charge in [-0.3, -0.25) is 10.1 Å². The molecule has 1 aromatic rings. The Kier molecular flexibility index (Phi) is 4.74. The lowest BCUT2D eigenvalue weighted by Crippen LogP contribution is -2.42. The lowest BCUT2D eigenvalue weighted by molar-refractivity contribution is -0.385. The number of urea groups is 1. The summed E-state index contributed by atoms with van der Waals surface area (Å²) in [5.74, 6) is 0.481. The summed E-state index contributed by atoms with van der Waals surface area (Å²) in [5.41, 5.74) is 1.08. The maximum absolute atomic E-state index is 11.9. The Bertz CT molecular complexity index is 543. The smallest absolute Gasteiger partial charge is 0.319 e. The van der Waals surface area contributed by atoms with Gasteiger partial charge in [0.05, 0.1) is 17.6 Å². The number of nitro groups is 1. The van der Waals surface area contributed by atoms with Crippen LogP contribution in [-0.2, 0) is 4.74 Å². The highest BCUT2D eigenvalue weighted by atomic mass is 16.6. The van der Waals surface area contributed by atoms with Crippen LogP contribution < -0.4 is 10.6 Å². The van der Waals surface area contributed by atoms with E-state index in [0.29, 0.717) is 23.8 Å². The Hall–Kier alpha value is -2.15. The number of hydrogen-bond acceptors (Lipinski definition) is 4. The number of carbonyl (C=O) groups is 1. The SMILES string of the molecule is COC[C@@H](NC(=O)Nc1ccc([N+](=O)[O-])c(C)c1)C1CC1. The number of nitrogens with zero attached hydrogens (tertiary/aromatic N) is 1. The van der Waals surface area contributed by atoms with Crippen molar-refractivity contribution < 1.29 is 14.5 Å². The fraction of sp³-hybridized carbons (Fsp3) is 0.500. The van der Waals surface area contributed by atoms with Gasteiger partial charge in [-0.15, -0.1) is 0 Å². The maximum Gasteiger partial charge on any atom is 0.319 e. The van der Waals surface area contributed by atoms with Gasteiger partial charge in [0.2, 0.25) is 0 Å². The molecular formula is C14H19N3O4. The zero-order chi connectivity index (χ0) is 15.4. The third-order valence-corrected chi connectivity index (χ3v) is 3.51. The average Bonchev–Trinajstić information content (AvgIpc) is 3.22. The van der Waals surface area contributed by atoms with Crippen LogP contribution in [0.1, 0.15) is 18.4 Å². The van der Waals surface area contributed by atoms with Crippen LogP contribution in [0.3, 0.4) is 0 Å². The summed E-state index contributed by atoms with van der Waals surface area (Å²) in [5, 5.41) is 16.3. The molecule has 0 bridgehead atoms. The van der Waals surface area contributed by atoms with E-state index < -0.39 is 4.92 Å². The van der Waals surface area contributed by atoms with E-state index in [1.54, 1.807) is 20.1 Å². The van der Waals surface area contributed by atoms with Gasteiger partial charge in [-0.05, 0) is 37.8 Å². The Morgan fingerprint density at radius 3 is 2.76 bits per heavy atom. The molecule has 0 saturated heterocycles. The van der Waals surface area contributed by atoms with Crippen LogP contribution >= 0.6 is 0 Å². The van der Waals surface area contributed by atoms with E-state index in [9.17, 15) is 14.9 Å². The second-order valence-electron chi connectivity index (χ2n) is 5.26. The molecular weight excluding hydrogens is 274 g/mol. The molecule has 0 spiro atoms. The van der Waals surface area contributed by atoms with Crippen LogP contribution in [0.5, 0.6) is 0 Å². The monoisotopic (exact) mass is 293 g/mol. The Labute approximate surface area is 122 Å². The predicted octanol–water partition coefficient (Wildman–Crippen LogP) is 2.45. The number of nitrogens with one attached hydrogen (secondary N) is 2. The molecule has 1 aliphatic carbocycles. The lowest BCUT2D eigenvalue weighted by Gasteiger charge is -2.17. The number of ether oxygens (including phenoxy) is 1. The van der Waals surface area contributed by atoms with E-state index in [2.05, 4.69) is 10.6 Å². The molecule has 2 N–H and O–H groups in total. The van der Waals surface area contributed by atoms with Crippen LogP contribution in [0.15, 0.2) is 18.2 Å². The lowest BCUT2D eigenvalue weighted by atomic mass is 10.2. The van der Waals surface area contributed by atoms with Crippen LogP contribution in [-0.4, -0.2) is 30.7 Å². The highest BCUT2D eigenvalue weighted by Crippen LogP contribution is 2.32. The van der Waals surface area contributed by atoms with Gasteiger partial charge in [-0.25, -0.2) is 4.79 Å². The van der Waals surface area contributed by atoms with Crippen molar-refractivity contribution in [2.75, 3.05) is 19.0 Å². The van der Waals surface area contributed by atoms with E-state index >= 15 is 0 Å². The Balaban J connectivity index is 1.95. The molecule has 1 saturated carbocycles. The van der Waals surface area contributed by atoms with Gasteiger partial charge in [0.1, 0.15) is 0 Å². The molecule has 0 aliphatic heterocycles. The number of methoxy groups -OCH3 is 1. The first-order valence-electron chi connectivity index (χ1n) is 6.82. The fourth-order valence-corrected chi connectivity index (χ4v) is 2.25. The molecule has 7 nitrogen and oxygen atoms in total. The number of hydrogen-bond donors (Lipinski definition) is 2. The van der Waals surface area contributed by atoms with Gasteiger partial charge in [0.15, 0.2) is 0 Å². The molecule has 0 radical (unpaired) electrons. The molecule has 1 atom stereocenters. The van der Waals surface area contributed by atoms with Gasteiger partial charge in [-0.2, -0.15) is 0 Å². The van der Waals surface area contributed by atoms with Gasteiger partial charge in [-0.1, -0.05) is 0 Å². The third kappa shape index (κ3) is 4.16. The number of anilines is 1. The highest BCUT2D eigenvalue weighted by molar-refractivity contribution is 5.89. The predicted molar refractivity (Wildman–Crippen MR) is 78.4 cm³/mol. The van der Waals surface area contributed by atoms with Crippen molar-refractivity contribution >= 4 is 17.4 Å². The first-order chi connectivity index (χ1) is 10.0. The van der Waals surface area contributed by atoms with Crippen molar-refractivity contribution in [3.05, 3.63) is 33.9 Å². The van der Waals surface area contributed by atoms with Crippen molar-refractivity contribution in [3.63, 3.8) is 0 Å². The maximum atomic E-state index is 11.9. The Morgan fingerprint density at radius 1 is 1.52 bits per heavy atom. The molecule has 0 unspecified atom stereocenters. The zero-order valence-corrected chi connectivity index (χ0v) is 12.1. The van der Waals surface area contributed by atoms with E-state index in [1.165, 1.54) is 12.1 Å². The molecule has 0 aromatic heterocycles. The second kappa shape index (κ2) is 6.53. The first kappa shape index (κ1) is 15.2. The first-order valence-corrected chi connectivity index (χ1v) is 6.82. The summed E-state index contributed by atoms with van der Waals surface area (Å²) in [6.45, 7) is 2.12. The zero-order valence-electron chi connectivity index (χ0n) is 12.1. The summed E-state index contributed by atoms with van der Waals surface area (Å²) in [7, 11) is 1.61. The molecule has 1 aliphatic rings. The summed E-state index contributed by atoms with van der Waals surface area (Å²) < 4.78 is 5.10. The standard InChI is InChI=1S/C14H19N3O4/c1-9-7-11(5-6-13(9)17(19)20)15-14(18)16-12(8-21-2)10-3-4-10/h5-7,10,12H,3-4,8H2,1-2H3,(H2,15,16,18)/t12-/m1/s1. The van der Waals surface area contributed by atoms with Crippen LogP contribution in [0, 0.1) is 23.0 Å². The van der Waals surface area contributed by atoms with Crippen molar-refractivity contribution in [3.8, 4) is 0 Å². The van der Waals surface area contributed by atoms with Gasteiger partial charge in [0, 0.05) is 24.4 Å². The van der Waals surface area contributed by atoms with Gasteiger partial charge < -0.3 is 15.4 Å². The minimum absolute atomic E-state index is 0.00847. The minimum Gasteiger partial charge on any atom is -0.383 e. The average molecular weight is 293 g/mol. The second-order valence-corrected chi connectivity index (χ2v) is 5.26. The summed E-state index contributed by atoms with van der Waals surface area (Å²) >= 11 is 0. The number of nitro benzene ring substituents is 1. The summed E-state index contributed by atoms with van der Waals surface area (Å²) in [6, 6.07) is 4.18. The molecule has 7 heteroatoms. The molecule has 0 heterocycles. The van der Waals surface area contributed by atoms with Gasteiger partial charge >= 0.3 is 6.03 Å². The topological polar surface area (TPSA) is 93.5 Å². The molecule has 21 heavy (non-hydrogen) atoms. The number of rotatable bonds is 6. The minimum atomic E-state index is -0.444.